The number of carbonyl (C=O) groups excluding carboxylic acids is 2. The second kappa shape index (κ2) is 8.44. The zero-order valence-corrected chi connectivity index (χ0v) is 20.8. The van der Waals surface area contributed by atoms with Crippen molar-refractivity contribution in [2.45, 2.75) is 91.8 Å². The monoisotopic (exact) mass is 438 g/mol. The molecule has 0 unspecified atom stereocenters. The molecule has 1 saturated heterocycles. The standard InChI is InChI=1S/C28H38O4/c1-13(2)18-11-21(14(3)4)24(22(12-18)15(5)6)17(8)31-26-16(7)23-19(26)9-10-20-25(23)28(30)32-27(20)29/h9,11-17,20,23,25-26H,10H2,1-8H3/t16-,17-,20+,23-,25+,26-/m1/s1. The number of carbonyl (C=O) groups is 2. The normalized spacial score (nSPS) is 30.2. The third-order valence-electron chi connectivity index (χ3n) is 7.90. The van der Waals surface area contributed by atoms with E-state index in [-0.39, 0.29) is 47.8 Å². The molecule has 2 fully saturated rings. The zero-order valence-electron chi connectivity index (χ0n) is 20.8. The van der Waals surface area contributed by atoms with Gasteiger partial charge in [-0.05, 0) is 64.8 Å². The van der Waals surface area contributed by atoms with Crippen molar-refractivity contribution < 1.29 is 19.1 Å². The molecule has 3 aliphatic rings. The summed E-state index contributed by atoms with van der Waals surface area (Å²) in [5.74, 6) is 0.238. The van der Waals surface area contributed by atoms with Crippen molar-refractivity contribution in [1.29, 1.82) is 0 Å². The Hall–Kier alpha value is -1.94. The maximum absolute atomic E-state index is 12.3. The van der Waals surface area contributed by atoms with Crippen LogP contribution in [0.25, 0.3) is 0 Å². The van der Waals surface area contributed by atoms with Gasteiger partial charge in [-0.1, -0.05) is 66.7 Å². The third kappa shape index (κ3) is 3.65. The lowest BCUT2D eigenvalue weighted by Crippen LogP contribution is -2.52. The summed E-state index contributed by atoms with van der Waals surface area (Å²) in [5.41, 5.74) is 6.64. The van der Waals surface area contributed by atoms with Gasteiger partial charge in [0.1, 0.15) is 0 Å². The van der Waals surface area contributed by atoms with E-state index in [1.807, 2.05) is 0 Å². The minimum absolute atomic E-state index is 0.00995. The Morgan fingerprint density at radius 2 is 1.47 bits per heavy atom. The zero-order chi connectivity index (χ0) is 23.5. The van der Waals surface area contributed by atoms with Gasteiger partial charge in [0, 0.05) is 5.92 Å². The molecular formula is C28H38O4. The van der Waals surface area contributed by atoms with Crippen LogP contribution in [-0.2, 0) is 19.1 Å². The molecule has 1 aliphatic heterocycles. The van der Waals surface area contributed by atoms with Crippen molar-refractivity contribution >= 4 is 11.9 Å². The summed E-state index contributed by atoms with van der Waals surface area (Å²) in [6, 6.07) is 4.74. The second-order valence-electron chi connectivity index (χ2n) is 11.0. The average Bonchev–Trinajstić information content (AvgIpc) is 3.02. The molecule has 1 aromatic rings. The van der Waals surface area contributed by atoms with Gasteiger partial charge >= 0.3 is 11.9 Å². The van der Waals surface area contributed by atoms with E-state index in [1.54, 1.807) is 0 Å². The van der Waals surface area contributed by atoms with Gasteiger partial charge in [-0.3, -0.25) is 9.59 Å². The van der Waals surface area contributed by atoms with Crippen molar-refractivity contribution in [3.8, 4) is 0 Å². The van der Waals surface area contributed by atoms with E-state index >= 15 is 0 Å². The third-order valence-corrected chi connectivity index (χ3v) is 7.90. The van der Waals surface area contributed by atoms with E-state index in [1.165, 1.54) is 27.8 Å². The highest BCUT2D eigenvalue weighted by Gasteiger charge is 2.59. The smallest absolute Gasteiger partial charge is 0.318 e. The van der Waals surface area contributed by atoms with Crippen LogP contribution >= 0.6 is 0 Å². The molecule has 2 aliphatic carbocycles. The molecule has 1 saturated carbocycles. The Morgan fingerprint density at radius 3 is 2.00 bits per heavy atom. The van der Waals surface area contributed by atoms with Crippen molar-refractivity contribution in [3.63, 3.8) is 0 Å². The number of benzene rings is 1. The van der Waals surface area contributed by atoms with Gasteiger partial charge in [-0.2, -0.15) is 0 Å². The molecule has 0 aromatic heterocycles. The van der Waals surface area contributed by atoms with Gasteiger partial charge in [0.15, 0.2) is 0 Å². The summed E-state index contributed by atoms with van der Waals surface area (Å²) >= 11 is 0. The molecule has 6 atom stereocenters. The molecule has 0 radical (unpaired) electrons. The van der Waals surface area contributed by atoms with Gasteiger partial charge < -0.3 is 9.47 Å². The fourth-order valence-corrected chi connectivity index (χ4v) is 6.08. The van der Waals surface area contributed by atoms with E-state index < -0.39 is 0 Å². The summed E-state index contributed by atoms with van der Waals surface area (Å²) < 4.78 is 11.7. The molecule has 1 aromatic carbocycles. The molecule has 4 rings (SSSR count). The Morgan fingerprint density at radius 1 is 0.875 bits per heavy atom. The van der Waals surface area contributed by atoms with E-state index in [0.29, 0.717) is 24.2 Å². The molecule has 4 nitrogen and oxygen atoms in total. The number of hydrogen-bond donors (Lipinski definition) is 0. The van der Waals surface area contributed by atoms with E-state index in [4.69, 9.17) is 9.47 Å². The van der Waals surface area contributed by atoms with Crippen LogP contribution < -0.4 is 0 Å². The quantitative estimate of drug-likeness (QED) is 0.292. The van der Waals surface area contributed by atoms with Crippen LogP contribution in [0.5, 0.6) is 0 Å². The molecule has 0 spiro atoms. The van der Waals surface area contributed by atoms with Crippen molar-refractivity contribution in [2.75, 3.05) is 0 Å². The molecule has 0 amide bonds. The highest BCUT2D eigenvalue weighted by Crippen LogP contribution is 2.55. The minimum atomic E-state index is -0.353. The lowest BCUT2D eigenvalue weighted by Gasteiger charge is -2.51. The lowest BCUT2D eigenvalue weighted by atomic mass is 9.56. The Kier molecular flexibility index (Phi) is 6.13. The summed E-state index contributed by atoms with van der Waals surface area (Å²) in [7, 11) is 0. The van der Waals surface area contributed by atoms with Crippen LogP contribution in [0.1, 0.15) is 108 Å². The first-order valence-corrected chi connectivity index (χ1v) is 12.3. The summed E-state index contributed by atoms with van der Waals surface area (Å²) in [5, 5.41) is 0. The van der Waals surface area contributed by atoms with Gasteiger partial charge in [0.05, 0.1) is 24.0 Å². The largest absolute Gasteiger partial charge is 0.393 e. The van der Waals surface area contributed by atoms with Crippen molar-refractivity contribution in [1.82, 2.24) is 0 Å². The van der Waals surface area contributed by atoms with E-state index in [2.05, 4.69) is 73.6 Å². The van der Waals surface area contributed by atoms with E-state index in [0.717, 1.165) is 0 Å². The minimum Gasteiger partial charge on any atom is -0.393 e. The topological polar surface area (TPSA) is 52.6 Å². The second-order valence-corrected chi connectivity index (χ2v) is 11.0. The molecule has 0 bridgehead atoms. The van der Waals surface area contributed by atoms with Gasteiger partial charge in [0.2, 0.25) is 0 Å². The fourth-order valence-electron chi connectivity index (χ4n) is 6.08. The Balaban J connectivity index is 1.64. The predicted octanol–water partition coefficient (Wildman–Crippen LogP) is 6.41. The van der Waals surface area contributed by atoms with Crippen LogP contribution in [-0.4, -0.2) is 18.0 Å². The molecule has 4 heteroatoms. The molecule has 32 heavy (non-hydrogen) atoms. The van der Waals surface area contributed by atoms with Crippen LogP contribution in [0.3, 0.4) is 0 Å². The summed E-state index contributed by atoms with van der Waals surface area (Å²) in [4.78, 5) is 24.3. The van der Waals surface area contributed by atoms with Gasteiger partial charge in [-0.15, -0.1) is 0 Å². The number of ether oxygens (including phenoxy) is 2. The first-order valence-electron chi connectivity index (χ1n) is 12.3. The van der Waals surface area contributed by atoms with Gasteiger partial charge in [-0.25, -0.2) is 0 Å². The number of cyclic esters (lactones) is 2. The van der Waals surface area contributed by atoms with Crippen LogP contribution in [0, 0.1) is 23.7 Å². The first kappa shape index (κ1) is 23.2. The highest BCUT2D eigenvalue weighted by molar-refractivity contribution is 5.97. The number of esters is 2. The summed E-state index contributed by atoms with van der Waals surface area (Å²) in [6.07, 6.45) is 2.66. The SMILES string of the molecule is CC(C)c1cc(C(C)C)c([C@@H](C)O[C@H]2C3=CC[C@@H]4C(=O)OC(=O)[C@@H]4[C@@H]3[C@H]2C)c(C(C)C)c1. The lowest BCUT2D eigenvalue weighted by molar-refractivity contribution is -0.155. The molecular weight excluding hydrogens is 400 g/mol. The fraction of sp³-hybridized carbons (Fsp3) is 0.643. The molecule has 1 heterocycles. The molecule has 0 N–H and O–H groups in total. The predicted molar refractivity (Wildman–Crippen MR) is 125 cm³/mol. The maximum Gasteiger partial charge on any atom is 0.318 e. The average molecular weight is 439 g/mol. The Labute approximate surface area is 192 Å². The molecule has 174 valence electrons. The van der Waals surface area contributed by atoms with E-state index in [9.17, 15) is 9.59 Å². The number of hydrogen-bond acceptors (Lipinski definition) is 4. The Bertz CT molecular complexity index is 925. The van der Waals surface area contributed by atoms with Crippen molar-refractivity contribution in [3.05, 3.63) is 46.0 Å². The van der Waals surface area contributed by atoms with Crippen molar-refractivity contribution in [2.24, 2.45) is 23.7 Å². The van der Waals surface area contributed by atoms with Crippen LogP contribution in [0.4, 0.5) is 0 Å². The van der Waals surface area contributed by atoms with Crippen LogP contribution in [0.2, 0.25) is 0 Å². The summed E-state index contributed by atoms with van der Waals surface area (Å²) in [6.45, 7) is 17.8. The number of rotatable bonds is 6. The van der Waals surface area contributed by atoms with Gasteiger partial charge in [0.25, 0.3) is 0 Å². The van der Waals surface area contributed by atoms with Crippen LogP contribution in [0.15, 0.2) is 23.8 Å². The highest BCUT2D eigenvalue weighted by atomic mass is 16.6. The number of allylic oxidation sites excluding steroid dienone is 1. The first-order chi connectivity index (χ1) is 15.0. The number of fused-ring (bicyclic) bond motifs is 3. The maximum atomic E-state index is 12.3.